The second kappa shape index (κ2) is 8.45. The van der Waals surface area contributed by atoms with E-state index in [1.165, 1.54) is 16.9 Å². The topological polar surface area (TPSA) is 80.3 Å². The van der Waals surface area contributed by atoms with E-state index in [0.29, 0.717) is 10.7 Å². The maximum absolute atomic E-state index is 12.2. The number of benzene rings is 2. The first-order chi connectivity index (χ1) is 14.1. The summed E-state index contributed by atoms with van der Waals surface area (Å²) in [6.45, 7) is 2.87. The van der Waals surface area contributed by atoms with Gasteiger partial charge in [0.2, 0.25) is 5.91 Å². The van der Waals surface area contributed by atoms with E-state index >= 15 is 0 Å². The average Bonchev–Trinajstić information content (AvgIpc) is 3.36. The van der Waals surface area contributed by atoms with Gasteiger partial charge in [0.1, 0.15) is 5.75 Å². The second-order valence-corrected chi connectivity index (χ2v) is 7.69. The van der Waals surface area contributed by atoms with Crippen molar-refractivity contribution in [2.45, 2.75) is 19.8 Å². The Kier molecular flexibility index (Phi) is 5.57. The van der Waals surface area contributed by atoms with Gasteiger partial charge in [-0.2, -0.15) is 0 Å². The number of fused-ring (bicyclic) bond motifs is 1. The summed E-state index contributed by atoms with van der Waals surface area (Å²) in [6.07, 6.45) is 1.09. The van der Waals surface area contributed by atoms with Crippen LogP contribution in [-0.4, -0.2) is 29.9 Å². The normalized spacial score (nSPS) is 12.2. The first-order valence-corrected chi connectivity index (χ1v) is 10.3. The Morgan fingerprint density at radius 3 is 2.93 bits per heavy atom. The molecule has 1 aliphatic rings. The summed E-state index contributed by atoms with van der Waals surface area (Å²) in [5, 5.41) is 8.06. The number of nitrogens with one attached hydrogen (secondary N) is 2. The van der Waals surface area contributed by atoms with E-state index in [4.69, 9.17) is 4.74 Å². The highest BCUT2D eigenvalue weighted by Gasteiger charge is 2.15. The lowest BCUT2D eigenvalue weighted by atomic mass is 10.1. The van der Waals surface area contributed by atoms with E-state index < -0.39 is 0 Å². The number of hydrogen-bond acceptors (Lipinski definition) is 5. The van der Waals surface area contributed by atoms with Crippen molar-refractivity contribution in [3.8, 4) is 17.0 Å². The van der Waals surface area contributed by atoms with Gasteiger partial charge in [0.05, 0.1) is 12.3 Å². The minimum atomic E-state index is -0.182. The second-order valence-electron chi connectivity index (χ2n) is 6.83. The van der Waals surface area contributed by atoms with Crippen LogP contribution in [0.3, 0.4) is 0 Å². The third kappa shape index (κ3) is 4.46. The number of nitrogens with zero attached hydrogens (tertiary/aromatic N) is 1. The molecule has 29 heavy (non-hydrogen) atoms. The molecule has 1 aliphatic heterocycles. The van der Waals surface area contributed by atoms with Crippen molar-refractivity contribution in [1.29, 1.82) is 0 Å². The van der Waals surface area contributed by atoms with Crippen LogP contribution in [0, 0.1) is 6.92 Å². The number of aryl methyl sites for hydroxylation is 1. The van der Waals surface area contributed by atoms with Crippen LogP contribution >= 0.6 is 11.3 Å². The lowest BCUT2D eigenvalue weighted by molar-refractivity contribution is -0.116. The zero-order chi connectivity index (χ0) is 20.2. The fourth-order valence-electron chi connectivity index (χ4n) is 3.20. The number of rotatable bonds is 6. The molecule has 6 nitrogen and oxygen atoms in total. The van der Waals surface area contributed by atoms with Crippen LogP contribution in [0.2, 0.25) is 0 Å². The number of hydrogen-bond donors (Lipinski definition) is 2. The minimum Gasteiger partial charge on any atom is -0.493 e. The van der Waals surface area contributed by atoms with Crippen molar-refractivity contribution < 1.29 is 14.3 Å². The van der Waals surface area contributed by atoms with E-state index in [1.54, 1.807) is 6.07 Å². The molecule has 4 rings (SSSR count). The van der Waals surface area contributed by atoms with Crippen molar-refractivity contribution in [2.24, 2.45) is 0 Å². The predicted octanol–water partition coefficient (Wildman–Crippen LogP) is 3.81. The minimum absolute atomic E-state index is 0.173. The summed E-state index contributed by atoms with van der Waals surface area (Å²) >= 11 is 1.38. The Balaban J connectivity index is 1.29. The van der Waals surface area contributed by atoms with Gasteiger partial charge in [-0.05, 0) is 42.3 Å². The first-order valence-electron chi connectivity index (χ1n) is 9.45. The molecular weight excluding hydrogens is 386 g/mol. The van der Waals surface area contributed by atoms with Crippen molar-refractivity contribution in [2.75, 3.05) is 18.5 Å². The number of carbonyl (C=O) groups is 2. The number of aromatic nitrogens is 1. The molecule has 0 bridgehead atoms. The SMILES string of the molecule is Cc1ccccc1C(=O)NCCC(=O)Nc1nc(-c2ccc3c(c2)CCO3)cs1. The molecular formula is C22H21N3O3S. The Morgan fingerprint density at radius 1 is 1.21 bits per heavy atom. The smallest absolute Gasteiger partial charge is 0.251 e. The van der Waals surface area contributed by atoms with Crippen LogP contribution in [0.1, 0.15) is 27.9 Å². The fourth-order valence-corrected chi connectivity index (χ4v) is 3.94. The van der Waals surface area contributed by atoms with Crippen LogP contribution in [0.5, 0.6) is 5.75 Å². The molecule has 2 N–H and O–H groups in total. The zero-order valence-corrected chi connectivity index (χ0v) is 16.8. The molecule has 2 aromatic carbocycles. The molecule has 148 valence electrons. The van der Waals surface area contributed by atoms with Crippen LogP contribution in [0.25, 0.3) is 11.3 Å². The monoisotopic (exact) mass is 407 g/mol. The Labute approximate surface area is 172 Å². The van der Waals surface area contributed by atoms with E-state index in [1.807, 2.05) is 42.6 Å². The quantitative estimate of drug-likeness (QED) is 0.651. The standard InChI is InChI=1S/C22H21N3O3S/c1-14-4-2-3-5-17(14)21(27)23-10-8-20(26)25-22-24-18(13-29-22)15-6-7-19-16(12-15)9-11-28-19/h2-7,12-13H,8-11H2,1H3,(H,23,27)(H,24,25,26). The molecule has 7 heteroatoms. The molecule has 0 unspecified atom stereocenters. The van der Waals surface area contributed by atoms with Gasteiger partial charge in [0, 0.05) is 35.9 Å². The van der Waals surface area contributed by atoms with E-state index in [-0.39, 0.29) is 24.8 Å². The molecule has 0 saturated carbocycles. The van der Waals surface area contributed by atoms with Crippen LogP contribution < -0.4 is 15.4 Å². The zero-order valence-electron chi connectivity index (χ0n) is 16.0. The predicted molar refractivity (Wildman–Crippen MR) is 114 cm³/mol. The summed E-state index contributed by atoms with van der Waals surface area (Å²) in [5.41, 5.74) is 4.55. The van der Waals surface area contributed by atoms with Gasteiger partial charge in [0.25, 0.3) is 5.91 Å². The number of thiazole rings is 1. The maximum atomic E-state index is 12.2. The van der Waals surface area contributed by atoms with Crippen LogP contribution in [0.15, 0.2) is 47.8 Å². The molecule has 2 heterocycles. The fraction of sp³-hybridized carbons (Fsp3) is 0.227. The Hall–Kier alpha value is -3.19. The average molecular weight is 407 g/mol. The van der Waals surface area contributed by atoms with E-state index in [9.17, 15) is 9.59 Å². The molecule has 0 saturated heterocycles. The highest BCUT2D eigenvalue weighted by molar-refractivity contribution is 7.14. The summed E-state index contributed by atoms with van der Waals surface area (Å²) < 4.78 is 5.53. The van der Waals surface area contributed by atoms with Gasteiger partial charge in [0.15, 0.2) is 5.13 Å². The number of carbonyl (C=O) groups excluding carboxylic acids is 2. The van der Waals surface area contributed by atoms with Gasteiger partial charge >= 0.3 is 0 Å². The molecule has 2 amide bonds. The van der Waals surface area contributed by atoms with E-state index in [0.717, 1.165) is 35.6 Å². The number of ether oxygens (including phenoxy) is 1. The molecule has 0 atom stereocenters. The first kappa shape index (κ1) is 19.1. The summed E-state index contributed by atoms with van der Waals surface area (Å²) in [7, 11) is 0. The van der Waals surface area contributed by atoms with Gasteiger partial charge in [-0.3, -0.25) is 9.59 Å². The van der Waals surface area contributed by atoms with Crippen molar-refractivity contribution in [1.82, 2.24) is 10.3 Å². The molecule has 1 aromatic heterocycles. The van der Waals surface area contributed by atoms with Crippen molar-refractivity contribution in [3.63, 3.8) is 0 Å². The third-order valence-corrected chi connectivity index (χ3v) is 5.52. The molecule has 3 aromatic rings. The molecule has 0 spiro atoms. The Bertz CT molecular complexity index is 1060. The summed E-state index contributed by atoms with van der Waals surface area (Å²) in [4.78, 5) is 28.9. The highest BCUT2D eigenvalue weighted by atomic mass is 32.1. The lowest BCUT2D eigenvalue weighted by Gasteiger charge is -2.07. The van der Waals surface area contributed by atoms with Crippen molar-refractivity contribution >= 4 is 28.3 Å². The van der Waals surface area contributed by atoms with E-state index in [2.05, 4.69) is 21.7 Å². The summed E-state index contributed by atoms with van der Waals surface area (Å²) in [5.74, 6) is 0.580. The largest absolute Gasteiger partial charge is 0.493 e. The number of amides is 2. The molecule has 0 fully saturated rings. The third-order valence-electron chi connectivity index (χ3n) is 4.76. The van der Waals surface area contributed by atoms with Gasteiger partial charge in [-0.15, -0.1) is 11.3 Å². The number of anilines is 1. The van der Waals surface area contributed by atoms with Gasteiger partial charge < -0.3 is 15.4 Å². The maximum Gasteiger partial charge on any atom is 0.251 e. The molecule has 0 aliphatic carbocycles. The van der Waals surface area contributed by atoms with Gasteiger partial charge in [-0.25, -0.2) is 4.98 Å². The molecule has 0 radical (unpaired) electrons. The van der Waals surface area contributed by atoms with Crippen molar-refractivity contribution in [3.05, 3.63) is 64.5 Å². The van der Waals surface area contributed by atoms with Gasteiger partial charge in [-0.1, -0.05) is 18.2 Å². The van der Waals surface area contributed by atoms with Crippen LogP contribution in [0.4, 0.5) is 5.13 Å². The van der Waals surface area contributed by atoms with Crippen LogP contribution in [-0.2, 0) is 11.2 Å². The highest BCUT2D eigenvalue weighted by Crippen LogP contribution is 2.31. The summed E-state index contributed by atoms with van der Waals surface area (Å²) in [6, 6.07) is 13.4. The lowest BCUT2D eigenvalue weighted by Crippen LogP contribution is -2.28. The Morgan fingerprint density at radius 2 is 2.07 bits per heavy atom.